The van der Waals surface area contributed by atoms with Crippen LogP contribution in [0, 0.1) is 0 Å². The van der Waals surface area contributed by atoms with Crippen LogP contribution in [0.25, 0.3) is 0 Å². The van der Waals surface area contributed by atoms with E-state index in [2.05, 4.69) is 35.8 Å². The number of carbonyl (C=O) groups excluding carboxylic acids is 2. The second-order valence-electron chi connectivity index (χ2n) is 12.3. The highest BCUT2D eigenvalue weighted by Crippen LogP contribution is 2.35. The Balaban J connectivity index is 1.09. The quantitative estimate of drug-likeness (QED) is 0.122. The minimum Gasteiger partial charge on any atom is -0.462 e. The Morgan fingerprint density at radius 3 is 1.20 bits per heavy atom. The Hall–Kier alpha value is -3.80. The summed E-state index contributed by atoms with van der Waals surface area (Å²) in [4.78, 5) is 29.6. The van der Waals surface area contributed by atoms with Crippen molar-refractivity contribution in [1.82, 2.24) is 0 Å². The van der Waals surface area contributed by atoms with E-state index in [1.165, 1.54) is 60.8 Å². The van der Waals surface area contributed by atoms with Gasteiger partial charge in [0.1, 0.15) is 0 Å². The molecule has 2 aliphatic heterocycles. The Labute approximate surface area is 263 Å². The number of ether oxygens (including phenoxy) is 2. The van der Waals surface area contributed by atoms with Crippen LogP contribution in [0.5, 0.6) is 0 Å². The van der Waals surface area contributed by atoms with Crippen LogP contribution in [0.4, 0.5) is 11.4 Å². The standard InChI is InChI=1S/C38H48N2O4/c1-3-5-7-9-11-21-43-37(41)29-13-17-35(18-14-29)39-25-31-23-33-27-40(28-34(33)24-32(31)26-39)36-19-15-30(16-20-36)38(42)44-22-12-10-8-6-4-2/h13-20,23-24H,3-12,21-22,25-28H2,1-2H3. The molecule has 0 atom stereocenters. The summed E-state index contributed by atoms with van der Waals surface area (Å²) < 4.78 is 11.0. The summed E-state index contributed by atoms with van der Waals surface area (Å²) in [6, 6.07) is 20.4. The van der Waals surface area contributed by atoms with Crippen LogP contribution in [0.15, 0.2) is 60.7 Å². The molecule has 44 heavy (non-hydrogen) atoms. The summed E-state index contributed by atoms with van der Waals surface area (Å²) in [5.41, 5.74) is 8.93. The monoisotopic (exact) mass is 596 g/mol. The first-order valence-corrected chi connectivity index (χ1v) is 16.7. The van der Waals surface area contributed by atoms with Gasteiger partial charge in [0, 0.05) is 37.6 Å². The molecule has 0 N–H and O–H groups in total. The molecular weight excluding hydrogens is 548 g/mol. The van der Waals surface area contributed by atoms with E-state index in [0.29, 0.717) is 24.3 Å². The van der Waals surface area contributed by atoms with E-state index in [1.54, 1.807) is 0 Å². The lowest BCUT2D eigenvalue weighted by Gasteiger charge is -2.18. The third-order valence-corrected chi connectivity index (χ3v) is 8.87. The zero-order chi connectivity index (χ0) is 30.7. The molecule has 0 bridgehead atoms. The number of hydrogen-bond donors (Lipinski definition) is 0. The van der Waals surface area contributed by atoms with Gasteiger partial charge in [-0.2, -0.15) is 0 Å². The van der Waals surface area contributed by atoms with Crippen LogP contribution in [0.3, 0.4) is 0 Å². The Morgan fingerprint density at radius 1 is 0.523 bits per heavy atom. The van der Waals surface area contributed by atoms with Gasteiger partial charge in [0.15, 0.2) is 0 Å². The highest BCUT2D eigenvalue weighted by Gasteiger charge is 2.26. The number of benzene rings is 3. The van der Waals surface area contributed by atoms with Crippen molar-refractivity contribution < 1.29 is 19.1 Å². The summed E-state index contributed by atoms with van der Waals surface area (Å²) in [5, 5.41) is 0. The number of esters is 2. The van der Waals surface area contributed by atoms with Gasteiger partial charge < -0.3 is 19.3 Å². The first kappa shape index (κ1) is 31.6. The predicted octanol–water partition coefficient (Wildman–Crippen LogP) is 8.98. The summed E-state index contributed by atoms with van der Waals surface area (Å²) in [6.45, 7) is 8.83. The minimum absolute atomic E-state index is 0.236. The van der Waals surface area contributed by atoms with Crippen molar-refractivity contribution in [3.05, 3.63) is 94.0 Å². The number of anilines is 2. The zero-order valence-corrected chi connectivity index (χ0v) is 26.6. The second-order valence-corrected chi connectivity index (χ2v) is 12.3. The molecule has 0 amide bonds. The molecule has 3 aromatic carbocycles. The van der Waals surface area contributed by atoms with E-state index in [1.807, 2.05) is 48.5 Å². The summed E-state index contributed by atoms with van der Waals surface area (Å²) >= 11 is 0. The summed E-state index contributed by atoms with van der Waals surface area (Å²) in [5.74, 6) is -0.471. The molecule has 2 heterocycles. The topological polar surface area (TPSA) is 59.1 Å². The maximum atomic E-state index is 12.4. The van der Waals surface area contributed by atoms with Gasteiger partial charge in [0.25, 0.3) is 0 Å². The van der Waals surface area contributed by atoms with Crippen molar-refractivity contribution in [3.8, 4) is 0 Å². The van der Waals surface area contributed by atoms with E-state index in [-0.39, 0.29) is 11.9 Å². The summed E-state index contributed by atoms with van der Waals surface area (Å²) in [6.07, 6.45) is 11.4. The molecule has 0 saturated carbocycles. The van der Waals surface area contributed by atoms with E-state index < -0.39 is 0 Å². The maximum absolute atomic E-state index is 12.4. The number of carbonyl (C=O) groups is 2. The van der Waals surface area contributed by atoms with Crippen LogP contribution in [-0.2, 0) is 35.7 Å². The van der Waals surface area contributed by atoms with Gasteiger partial charge in [-0.15, -0.1) is 0 Å². The van der Waals surface area contributed by atoms with Crippen molar-refractivity contribution in [1.29, 1.82) is 0 Å². The third kappa shape index (κ3) is 8.22. The Bertz CT molecular complexity index is 1250. The average Bonchev–Trinajstić information content (AvgIpc) is 3.66. The molecule has 6 heteroatoms. The lowest BCUT2D eigenvalue weighted by atomic mass is 10.0. The van der Waals surface area contributed by atoms with Gasteiger partial charge in [-0.05, 0) is 83.6 Å². The average molecular weight is 597 g/mol. The van der Waals surface area contributed by atoms with Gasteiger partial charge in [-0.3, -0.25) is 0 Å². The highest BCUT2D eigenvalue weighted by molar-refractivity contribution is 5.90. The second kappa shape index (κ2) is 15.8. The number of hydrogen-bond acceptors (Lipinski definition) is 6. The normalized spacial score (nSPS) is 13.6. The first-order chi connectivity index (χ1) is 21.6. The fraction of sp³-hybridized carbons (Fsp3) is 0.474. The van der Waals surface area contributed by atoms with Crippen LogP contribution < -0.4 is 9.80 Å². The maximum Gasteiger partial charge on any atom is 0.338 e. The van der Waals surface area contributed by atoms with E-state index >= 15 is 0 Å². The van der Waals surface area contributed by atoms with E-state index in [4.69, 9.17) is 9.47 Å². The van der Waals surface area contributed by atoms with Gasteiger partial charge >= 0.3 is 11.9 Å². The smallest absolute Gasteiger partial charge is 0.338 e. The Morgan fingerprint density at radius 2 is 0.864 bits per heavy atom. The lowest BCUT2D eigenvalue weighted by molar-refractivity contribution is 0.0488. The number of unbranched alkanes of at least 4 members (excludes halogenated alkanes) is 8. The Kier molecular flexibility index (Phi) is 11.3. The third-order valence-electron chi connectivity index (χ3n) is 8.87. The first-order valence-electron chi connectivity index (χ1n) is 16.7. The molecule has 0 radical (unpaired) electrons. The summed E-state index contributed by atoms with van der Waals surface area (Å²) in [7, 11) is 0. The molecule has 0 saturated heterocycles. The SMILES string of the molecule is CCCCCCCOC(=O)c1ccc(N2Cc3cc4c(cc3C2)CN(c2ccc(C(=O)OCCCCCCC)cc2)C4)cc1. The zero-order valence-electron chi connectivity index (χ0n) is 26.6. The van der Waals surface area contributed by atoms with Gasteiger partial charge in [0.05, 0.1) is 24.3 Å². The molecule has 5 rings (SSSR count). The minimum atomic E-state index is -0.236. The van der Waals surface area contributed by atoms with Crippen molar-refractivity contribution in [2.45, 2.75) is 104 Å². The van der Waals surface area contributed by atoms with Crippen molar-refractivity contribution in [2.75, 3.05) is 23.0 Å². The molecule has 0 unspecified atom stereocenters. The number of rotatable bonds is 16. The molecule has 2 aliphatic rings. The van der Waals surface area contributed by atoms with Crippen LogP contribution in [-0.4, -0.2) is 25.2 Å². The van der Waals surface area contributed by atoms with Crippen molar-refractivity contribution in [3.63, 3.8) is 0 Å². The lowest BCUT2D eigenvalue weighted by Crippen LogP contribution is -2.15. The molecule has 6 nitrogen and oxygen atoms in total. The molecule has 0 aliphatic carbocycles. The largest absolute Gasteiger partial charge is 0.462 e. The van der Waals surface area contributed by atoms with Crippen LogP contribution in [0.1, 0.15) is 121 Å². The van der Waals surface area contributed by atoms with Crippen LogP contribution in [0.2, 0.25) is 0 Å². The molecular formula is C38H48N2O4. The van der Waals surface area contributed by atoms with Crippen molar-refractivity contribution in [2.24, 2.45) is 0 Å². The molecule has 0 spiro atoms. The highest BCUT2D eigenvalue weighted by atomic mass is 16.5. The number of nitrogens with zero attached hydrogens (tertiary/aromatic N) is 2. The van der Waals surface area contributed by atoms with Crippen molar-refractivity contribution >= 4 is 23.3 Å². The van der Waals surface area contributed by atoms with E-state index in [9.17, 15) is 9.59 Å². The fourth-order valence-corrected chi connectivity index (χ4v) is 6.20. The molecule has 3 aromatic rings. The van der Waals surface area contributed by atoms with E-state index in [0.717, 1.165) is 63.2 Å². The predicted molar refractivity (Wildman–Crippen MR) is 177 cm³/mol. The molecule has 0 aromatic heterocycles. The molecule has 234 valence electrons. The van der Waals surface area contributed by atoms with Crippen LogP contribution >= 0.6 is 0 Å². The fourth-order valence-electron chi connectivity index (χ4n) is 6.20. The molecule has 0 fully saturated rings. The van der Waals surface area contributed by atoms with Gasteiger partial charge in [-0.1, -0.05) is 77.3 Å². The number of fused-ring (bicyclic) bond motifs is 2. The van der Waals surface area contributed by atoms with Gasteiger partial charge in [0.2, 0.25) is 0 Å². The van der Waals surface area contributed by atoms with Gasteiger partial charge in [-0.25, -0.2) is 9.59 Å².